The first-order chi connectivity index (χ1) is 16.7. The van der Waals surface area contributed by atoms with Crippen LogP contribution in [0.5, 0.6) is 0 Å². The smallest absolute Gasteiger partial charge is 0.407 e. The van der Waals surface area contributed by atoms with Gasteiger partial charge in [0.25, 0.3) is 0 Å². The van der Waals surface area contributed by atoms with E-state index in [4.69, 9.17) is 4.74 Å². The highest BCUT2D eigenvalue weighted by molar-refractivity contribution is 7.99. The van der Waals surface area contributed by atoms with Gasteiger partial charge in [-0.3, -0.25) is 9.59 Å². The van der Waals surface area contributed by atoms with Gasteiger partial charge >= 0.3 is 12.1 Å². The molecule has 8 heteroatoms. The minimum Gasteiger partial charge on any atom is -0.481 e. The summed E-state index contributed by atoms with van der Waals surface area (Å²) in [5, 5.41) is 12.1. The summed E-state index contributed by atoms with van der Waals surface area (Å²) in [6, 6.07) is 15.0. The van der Waals surface area contributed by atoms with Crippen LogP contribution in [-0.2, 0) is 14.3 Å². The number of rotatable bonds is 6. The molecule has 2 N–H and O–H groups in total. The van der Waals surface area contributed by atoms with Gasteiger partial charge < -0.3 is 20.1 Å². The minimum atomic E-state index is -0.938. The van der Waals surface area contributed by atoms with E-state index in [1.807, 2.05) is 45.0 Å². The molecule has 0 saturated carbocycles. The summed E-state index contributed by atoms with van der Waals surface area (Å²) >= 11 is 1.64. The molecule has 1 aliphatic carbocycles. The van der Waals surface area contributed by atoms with Crippen molar-refractivity contribution in [2.24, 2.45) is 5.41 Å². The largest absolute Gasteiger partial charge is 0.481 e. The summed E-state index contributed by atoms with van der Waals surface area (Å²) in [6.07, 6.45) is -0.762. The van der Waals surface area contributed by atoms with Crippen LogP contribution < -0.4 is 5.32 Å². The lowest BCUT2D eigenvalue weighted by molar-refractivity contribution is -0.142. The minimum absolute atomic E-state index is 0.0731. The molecule has 0 radical (unpaired) electrons. The summed E-state index contributed by atoms with van der Waals surface area (Å²) in [7, 11) is 0. The molecule has 4 rings (SSSR count). The van der Waals surface area contributed by atoms with E-state index < -0.39 is 29.6 Å². The highest BCUT2D eigenvalue weighted by Crippen LogP contribution is 2.44. The Hall–Kier alpha value is -3.00. The van der Waals surface area contributed by atoms with Crippen molar-refractivity contribution in [1.29, 1.82) is 0 Å². The van der Waals surface area contributed by atoms with Crippen molar-refractivity contribution in [2.75, 3.05) is 24.7 Å². The second-order valence-electron chi connectivity index (χ2n) is 10.1. The molecule has 0 bridgehead atoms. The van der Waals surface area contributed by atoms with Crippen molar-refractivity contribution < 1.29 is 24.2 Å². The lowest BCUT2D eigenvalue weighted by atomic mass is 9.85. The number of benzene rings is 2. The maximum Gasteiger partial charge on any atom is 0.407 e. The molecule has 186 valence electrons. The number of hydrogen-bond acceptors (Lipinski definition) is 5. The normalized spacial score (nSPS) is 18.4. The molecule has 2 aromatic rings. The van der Waals surface area contributed by atoms with Gasteiger partial charge in [-0.25, -0.2) is 4.79 Å². The quantitative estimate of drug-likeness (QED) is 0.617. The Morgan fingerprint density at radius 1 is 1.09 bits per heavy atom. The first-order valence-electron chi connectivity index (χ1n) is 11.9. The SMILES string of the molecule is CC(C)(C)C(NC(=O)OCC1c2ccccc2-c2ccccc21)C(=O)N1CCSCC1CC(=O)O. The Kier molecular flexibility index (Phi) is 7.40. The monoisotopic (exact) mass is 496 g/mol. The lowest BCUT2D eigenvalue weighted by Gasteiger charge is -2.40. The molecule has 0 spiro atoms. The maximum absolute atomic E-state index is 13.5. The predicted molar refractivity (Wildman–Crippen MR) is 137 cm³/mol. The van der Waals surface area contributed by atoms with Gasteiger partial charge in [0.1, 0.15) is 12.6 Å². The van der Waals surface area contributed by atoms with E-state index in [0.29, 0.717) is 12.3 Å². The number of hydrogen-bond donors (Lipinski definition) is 2. The number of carbonyl (C=O) groups is 3. The predicted octanol–water partition coefficient (Wildman–Crippen LogP) is 4.36. The van der Waals surface area contributed by atoms with E-state index in [1.165, 1.54) is 0 Å². The Morgan fingerprint density at radius 2 is 1.69 bits per heavy atom. The van der Waals surface area contributed by atoms with E-state index in [2.05, 4.69) is 29.6 Å². The molecule has 7 nitrogen and oxygen atoms in total. The molecule has 1 aliphatic heterocycles. The van der Waals surface area contributed by atoms with Gasteiger partial charge in [-0.05, 0) is 27.7 Å². The summed E-state index contributed by atoms with van der Waals surface area (Å²) in [4.78, 5) is 39.4. The molecule has 2 aliphatic rings. The first kappa shape index (κ1) is 25.1. The zero-order chi connectivity index (χ0) is 25.2. The van der Waals surface area contributed by atoms with Crippen molar-refractivity contribution in [3.63, 3.8) is 0 Å². The Balaban J connectivity index is 1.46. The standard InChI is InChI=1S/C27H32N2O5S/c1-27(2,3)24(25(32)29-12-13-35-16-17(29)14-23(30)31)28-26(33)34-15-22-20-10-6-4-8-18(20)19-9-5-7-11-21(19)22/h4-11,17,22,24H,12-16H2,1-3H3,(H,28,33)(H,30,31). The van der Waals surface area contributed by atoms with Gasteiger partial charge in [0.2, 0.25) is 5.91 Å². The molecule has 1 heterocycles. The number of thioether (sulfide) groups is 1. The number of aliphatic carboxylic acids is 1. The second kappa shape index (κ2) is 10.3. The van der Waals surface area contributed by atoms with E-state index in [9.17, 15) is 19.5 Å². The highest BCUT2D eigenvalue weighted by atomic mass is 32.2. The van der Waals surface area contributed by atoms with Crippen molar-refractivity contribution in [3.05, 3.63) is 59.7 Å². The van der Waals surface area contributed by atoms with Crippen LogP contribution in [0.2, 0.25) is 0 Å². The number of carbonyl (C=O) groups excluding carboxylic acids is 2. The molecule has 35 heavy (non-hydrogen) atoms. The molecule has 0 aromatic heterocycles. The Labute approximate surface area is 210 Å². The van der Waals surface area contributed by atoms with Crippen LogP contribution in [0.25, 0.3) is 11.1 Å². The Bertz CT molecular complexity index is 1070. The number of carboxylic acids is 1. The van der Waals surface area contributed by atoms with E-state index >= 15 is 0 Å². The Morgan fingerprint density at radius 3 is 2.26 bits per heavy atom. The van der Waals surface area contributed by atoms with Gasteiger partial charge in [-0.15, -0.1) is 0 Å². The lowest BCUT2D eigenvalue weighted by Crippen LogP contribution is -2.59. The van der Waals surface area contributed by atoms with Crippen LogP contribution in [0.4, 0.5) is 4.79 Å². The second-order valence-corrected chi connectivity index (χ2v) is 11.3. The number of ether oxygens (including phenoxy) is 1. The van der Waals surface area contributed by atoms with Crippen LogP contribution in [-0.4, -0.2) is 64.7 Å². The van der Waals surface area contributed by atoms with E-state index in [-0.39, 0.29) is 24.9 Å². The van der Waals surface area contributed by atoms with Crippen LogP contribution in [0, 0.1) is 5.41 Å². The van der Waals surface area contributed by atoms with Crippen molar-refractivity contribution in [2.45, 2.75) is 45.2 Å². The average Bonchev–Trinajstić information content (AvgIpc) is 3.14. The molecule has 1 saturated heterocycles. The van der Waals surface area contributed by atoms with Gasteiger partial charge in [-0.1, -0.05) is 69.3 Å². The molecular formula is C27H32N2O5S. The zero-order valence-corrected chi connectivity index (χ0v) is 21.1. The van der Waals surface area contributed by atoms with Gasteiger partial charge in [-0.2, -0.15) is 11.8 Å². The van der Waals surface area contributed by atoms with Gasteiger partial charge in [0, 0.05) is 24.0 Å². The van der Waals surface area contributed by atoms with E-state index in [0.717, 1.165) is 28.0 Å². The molecule has 2 amide bonds. The number of fused-ring (bicyclic) bond motifs is 3. The van der Waals surface area contributed by atoms with Gasteiger partial charge in [0.05, 0.1) is 12.5 Å². The van der Waals surface area contributed by atoms with E-state index in [1.54, 1.807) is 16.7 Å². The number of carboxylic acid groups (broad SMARTS) is 1. The topological polar surface area (TPSA) is 95.9 Å². The summed E-state index contributed by atoms with van der Waals surface area (Å²) < 4.78 is 5.68. The first-order valence-corrected chi connectivity index (χ1v) is 13.0. The van der Waals surface area contributed by atoms with Crippen molar-refractivity contribution >= 4 is 29.7 Å². The van der Waals surface area contributed by atoms with Crippen LogP contribution in [0.15, 0.2) is 48.5 Å². The fourth-order valence-corrected chi connectivity index (χ4v) is 5.95. The number of alkyl carbamates (subject to hydrolysis) is 1. The fourth-order valence-electron chi connectivity index (χ4n) is 4.89. The molecule has 2 unspecified atom stereocenters. The third-order valence-electron chi connectivity index (χ3n) is 6.64. The van der Waals surface area contributed by atoms with Gasteiger partial charge in [0.15, 0.2) is 0 Å². The van der Waals surface area contributed by atoms with Crippen LogP contribution >= 0.6 is 11.8 Å². The number of amides is 2. The highest BCUT2D eigenvalue weighted by Gasteiger charge is 2.40. The zero-order valence-electron chi connectivity index (χ0n) is 20.3. The maximum atomic E-state index is 13.5. The summed E-state index contributed by atoms with van der Waals surface area (Å²) in [6.45, 7) is 6.26. The van der Waals surface area contributed by atoms with Crippen molar-refractivity contribution in [3.8, 4) is 11.1 Å². The average molecular weight is 497 g/mol. The number of nitrogens with one attached hydrogen (secondary N) is 1. The van der Waals surface area contributed by atoms with Crippen molar-refractivity contribution in [1.82, 2.24) is 10.2 Å². The fraction of sp³-hybridized carbons (Fsp3) is 0.444. The third kappa shape index (κ3) is 5.48. The third-order valence-corrected chi connectivity index (χ3v) is 7.73. The molecule has 1 fully saturated rings. The van der Waals surface area contributed by atoms with Crippen LogP contribution in [0.1, 0.15) is 44.2 Å². The van der Waals surface area contributed by atoms with Crippen LogP contribution in [0.3, 0.4) is 0 Å². The molecule has 2 atom stereocenters. The number of nitrogens with zero attached hydrogens (tertiary/aromatic N) is 1. The molecule has 2 aromatic carbocycles. The summed E-state index contributed by atoms with van der Waals surface area (Å²) in [5.74, 6) is 0.0319. The molecular weight excluding hydrogens is 464 g/mol. The summed E-state index contributed by atoms with van der Waals surface area (Å²) in [5.41, 5.74) is 3.94.